The van der Waals surface area contributed by atoms with E-state index in [-0.39, 0.29) is 12.4 Å². The van der Waals surface area contributed by atoms with Gasteiger partial charge in [-0.15, -0.1) is 0 Å². The van der Waals surface area contributed by atoms with Crippen molar-refractivity contribution in [2.24, 2.45) is 0 Å². The van der Waals surface area contributed by atoms with Gasteiger partial charge in [0.15, 0.2) is 0 Å². The number of hydrogen-bond donors (Lipinski definition) is 0. The van der Waals surface area contributed by atoms with Crippen LogP contribution in [0, 0.1) is 0 Å². The third-order valence-electron chi connectivity index (χ3n) is 2.51. The van der Waals surface area contributed by atoms with Gasteiger partial charge >= 0.3 is 5.97 Å². The summed E-state index contributed by atoms with van der Waals surface area (Å²) in [5.41, 5.74) is 0.842. The van der Waals surface area contributed by atoms with Gasteiger partial charge in [0, 0.05) is 17.3 Å². The minimum atomic E-state index is -0.235. The molecule has 0 saturated carbocycles. The van der Waals surface area contributed by atoms with E-state index in [0.29, 0.717) is 12.4 Å². The van der Waals surface area contributed by atoms with Crippen LogP contribution in [0.4, 0.5) is 0 Å². The molecule has 0 aliphatic rings. The highest BCUT2D eigenvalue weighted by Gasteiger charge is 2.10. The van der Waals surface area contributed by atoms with Gasteiger partial charge < -0.3 is 9.47 Å². The van der Waals surface area contributed by atoms with Crippen LogP contribution >= 0.6 is 15.9 Å². The number of benzene rings is 1. The van der Waals surface area contributed by atoms with E-state index >= 15 is 0 Å². The molecule has 0 spiro atoms. The fourth-order valence-corrected chi connectivity index (χ4v) is 1.96. The van der Waals surface area contributed by atoms with E-state index in [4.69, 9.17) is 9.47 Å². The zero-order chi connectivity index (χ0) is 14.1. The third-order valence-corrected chi connectivity index (χ3v) is 2.83. The monoisotopic (exact) mass is 326 g/mol. The van der Waals surface area contributed by atoms with E-state index in [9.17, 15) is 4.79 Å². The highest BCUT2D eigenvalue weighted by molar-refractivity contribution is 9.09. The molecule has 0 N–H and O–H groups in total. The van der Waals surface area contributed by atoms with Gasteiger partial charge in [0.1, 0.15) is 11.5 Å². The highest BCUT2D eigenvalue weighted by atomic mass is 79.9. The first kappa shape index (κ1) is 15.8. The van der Waals surface area contributed by atoms with Crippen LogP contribution in [0.1, 0.15) is 25.8 Å². The van der Waals surface area contributed by atoms with E-state index < -0.39 is 0 Å². The maximum absolute atomic E-state index is 11.5. The number of alkyl halides is 1. The van der Waals surface area contributed by atoms with Crippen molar-refractivity contribution in [1.82, 2.24) is 0 Å². The molecule has 1 aromatic rings. The summed E-state index contributed by atoms with van der Waals surface area (Å²) in [6.45, 7) is 4.22. The van der Waals surface area contributed by atoms with E-state index in [1.807, 2.05) is 37.3 Å². The van der Waals surface area contributed by atoms with E-state index in [0.717, 1.165) is 23.1 Å². The second-order valence-corrected chi connectivity index (χ2v) is 4.52. The lowest BCUT2D eigenvalue weighted by Crippen LogP contribution is -2.09. The van der Waals surface area contributed by atoms with Crippen LogP contribution in [0.25, 0.3) is 0 Å². The van der Waals surface area contributed by atoms with Gasteiger partial charge in [-0.1, -0.05) is 41.1 Å². The second kappa shape index (κ2) is 8.75. The van der Waals surface area contributed by atoms with Gasteiger partial charge in [-0.25, -0.2) is 0 Å². The summed E-state index contributed by atoms with van der Waals surface area (Å²) in [6.07, 6.45) is 3.01. The predicted octanol–water partition coefficient (Wildman–Crippen LogP) is 3.86. The van der Waals surface area contributed by atoms with Gasteiger partial charge in [-0.3, -0.25) is 4.79 Å². The van der Waals surface area contributed by atoms with Crippen LogP contribution in [0.5, 0.6) is 5.75 Å². The molecule has 0 radical (unpaired) electrons. The molecule has 0 bridgehead atoms. The molecule has 0 saturated heterocycles. The Morgan fingerprint density at radius 3 is 2.68 bits per heavy atom. The smallest absolute Gasteiger partial charge is 0.310 e. The number of ether oxygens (including phenoxy) is 2. The van der Waals surface area contributed by atoms with Crippen LogP contribution < -0.4 is 4.74 Å². The molecular formula is C15H19BrO3. The molecule has 0 amide bonds. The van der Waals surface area contributed by atoms with Crippen LogP contribution in [0.15, 0.2) is 36.1 Å². The van der Waals surface area contributed by atoms with Crippen LogP contribution in [-0.2, 0) is 16.0 Å². The normalized spacial score (nSPS) is 11.2. The number of carbonyl (C=O) groups is 1. The molecule has 0 atom stereocenters. The Hall–Kier alpha value is -1.29. The Morgan fingerprint density at radius 2 is 2.05 bits per heavy atom. The molecule has 0 aliphatic carbocycles. The van der Waals surface area contributed by atoms with Gasteiger partial charge in [0.2, 0.25) is 0 Å². The number of halogens is 1. The van der Waals surface area contributed by atoms with Gasteiger partial charge in [0.05, 0.1) is 13.0 Å². The lowest BCUT2D eigenvalue weighted by atomic mass is 10.1. The number of hydrogen-bond acceptors (Lipinski definition) is 3. The average Bonchev–Trinajstić information content (AvgIpc) is 2.40. The zero-order valence-electron chi connectivity index (χ0n) is 11.3. The number of esters is 1. The molecule has 0 aromatic heterocycles. The Morgan fingerprint density at radius 1 is 1.32 bits per heavy atom. The molecule has 3 nitrogen and oxygen atoms in total. The molecular weight excluding hydrogens is 308 g/mol. The van der Waals surface area contributed by atoms with E-state index in [2.05, 4.69) is 15.9 Å². The standard InChI is InChI=1S/C15H19BrO3/c1-3-13(9-10-16)19-14-8-6-5-7-12(14)11-15(17)18-4-2/h5-9H,3-4,10-11H2,1-2H3/b13-9+. The van der Waals surface area contributed by atoms with Gasteiger partial charge in [-0.05, 0) is 19.1 Å². The Labute approximate surface area is 122 Å². The summed E-state index contributed by atoms with van der Waals surface area (Å²) in [5.74, 6) is 1.36. The fourth-order valence-electron chi connectivity index (χ4n) is 1.60. The first-order chi connectivity index (χ1) is 9.21. The summed E-state index contributed by atoms with van der Waals surface area (Å²) < 4.78 is 10.8. The van der Waals surface area contributed by atoms with Crippen molar-refractivity contribution in [3.63, 3.8) is 0 Å². The summed E-state index contributed by atoms with van der Waals surface area (Å²) in [7, 11) is 0. The van der Waals surface area contributed by atoms with Crippen molar-refractivity contribution in [1.29, 1.82) is 0 Å². The second-order valence-electron chi connectivity index (χ2n) is 3.87. The van der Waals surface area contributed by atoms with Gasteiger partial charge in [0.25, 0.3) is 0 Å². The molecule has 19 heavy (non-hydrogen) atoms. The van der Waals surface area contributed by atoms with Crippen LogP contribution in [0.3, 0.4) is 0 Å². The van der Waals surface area contributed by atoms with E-state index in [1.54, 1.807) is 6.92 Å². The molecule has 0 unspecified atom stereocenters. The molecule has 0 aliphatic heterocycles. The fraction of sp³-hybridized carbons (Fsp3) is 0.400. The van der Waals surface area contributed by atoms with Gasteiger partial charge in [-0.2, -0.15) is 0 Å². The third kappa shape index (κ3) is 5.47. The number of para-hydroxylation sites is 1. The number of rotatable bonds is 7. The van der Waals surface area contributed by atoms with Crippen molar-refractivity contribution in [3.05, 3.63) is 41.7 Å². The quantitative estimate of drug-likeness (QED) is 0.433. The minimum absolute atomic E-state index is 0.231. The topological polar surface area (TPSA) is 35.5 Å². The largest absolute Gasteiger partial charge is 0.466 e. The average molecular weight is 327 g/mol. The molecule has 1 rings (SSSR count). The predicted molar refractivity (Wildman–Crippen MR) is 79.6 cm³/mol. The van der Waals surface area contributed by atoms with Crippen molar-refractivity contribution >= 4 is 21.9 Å². The SMILES string of the molecule is CCOC(=O)Cc1ccccc1O/C(=C/CBr)CC. The van der Waals surface area contributed by atoms with Crippen molar-refractivity contribution in [2.45, 2.75) is 26.7 Å². The summed E-state index contributed by atoms with van der Waals surface area (Å²) in [6, 6.07) is 7.53. The van der Waals surface area contributed by atoms with Crippen LogP contribution in [-0.4, -0.2) is 17.9 Å². The summed E-state index contributed by atoms with van der Waals surface area (Å²) in [4.78, 5) is 11.5. The summed E-state index contributed by atoms with van der Waals surface area (Å²) >= 11 is 3.35. The molecule has 104 valence electrons. The number of carbonyl (C=O) groups excluding carboxylic acids is 1. The minimum Gasteiger partial charge on any atom is -0.466 e. The maximum Gasteiger partial charge on any atom is 0.310 e. The summed E-state index contributed by atoms with van der Waals surface area (Å²) in [5, 5.41) is 0.746. The molecule has 0 fully saturated rings. The van der Waals surface area contributed by atoms with Crippen molar-refractivity contribution in [3.8, 4) is 5.75 Å². The molecule has 0 heterocycles. The lowest BCUT2D eigenvalue weighted by Gasteiger charge is -2.12. The first-order valence-corrected chi connectivity index (χ1v) is 7.49. The Balaban J connectivity index is 2.83. The maximum atomic E-state index is 11.5. The molecule has 4 heteroatoms. The zero-order valence-corrected chi connectivity index (χ0v) is 12.9. The Bertz CT molecular complexity index is 441. The highest BCUT2D eigenvalue weighted by Crippen LogP contribution is 2.22. The Kier molecular flexibility index (Phi) is 7.26. The first-order valence-electron chi connectivity index (χ1n) is 6.37. The number of allylic oxidation sites excluding steroid dienone is 2. The lowest BCUT2D eigenvalue weighted by molar-refractivity contribution is -0.142. The van der Waals surface area contributed by atoms with Crippen molar-refractivity contribution < 1.29 is 14.3 Å². The molecule has 1 aromatic carbocycles. The van der Waals surface area contributed by atoms with Crippen LogP contribution in [0.2, 0.25) is 0 Å². The van der Waals surface area contributed by atoms with Crippen molar-refractivity contribution in [2.75, 3.05) is 11.9 Å². The van der Waals surface area contributed by atoms with E-state index in [1.165, 1.54) is 0 Å².